The summed E-state index contributed by atoms with van der Waals surface area (Å²) in [7, 11) is -3.53. The van der Waals surface area contributed by atoms with Crippen LogP contribution in [0.25, 0.3) is 0 Å². The molecule has 8 heteroatoms. The van der Waals surface area contributed by atoms with Crippen LogP contribution >= 0.6 is 15.9 Å². The Balaban J connectivity index is 1.60. The number of rotatable bonds is 5. The molecule has 1 atom stereocenters. The maximum atomic E-state index is 12.7. The molecule has 1 heterocycles. The van der Waals surface area contributed by atoms with Gasteiger partial charge < -0.3 is 9.64 Å². The monoisotopic (exact) mass is 466 g/mol. The Bertz CT molecular complexity index is 942. The molecule has 150 valence electrons. The van der Waals surface area contributed by atoms with Crippen LogP contribution < -0.4 is 4.74 Å². The minimum atomic E-state index is -3.53. The molecule has 0 aliphatic carbocycles. The van der Waals surface area contributed by atoms with Gasteiger partial charge in [0.2, 0.25) is 10.0 Å². The molecule has 1 fully saturated rings. The third-order valence-corrected chi connectivity index (χ3v) is 7.20. The van der Waals surface area contributed by atoms with Gasteiger partial charge in [0, 0.05) is 26.2 Å². The van der Waals surface area contributed by atoms with Crippen LogP contribution in [-0.4, -0.2) is 55.8 Å². The summed E-state index contributed by atoms with van der Waals surface area (Å²) < 4.78 is 33.4. The van der Waals surface area contributed by atoms with Crippen LogP contribution in [-0.2, 0) is 14.8 Å². The minimum Gasteiger partial charge on any atom is -0.480 e. The number of halogens is 1. The highest BCUT2D eigenvalue weighted by molar-refractivity contribution is 9.10. The Hall–Kier alpha value is -1.90. The number of benzene rings is 2. The van der Waals surface area contributed by atoms with Gasteiger partial charge in [-0.25, -0.2) is 8.42 Å². The van der Waals surface area contributed by atoms with Gasteiger partial charge >= 0.3 is 0 Å². The van der Waals surface area contributed by atoms with Crippen LogP contribution in [0, 0.1) is 6.92 Å². The van der Waals surface area contributed by atoms with Crippen molar-refractivity contribution in [3.63, 3.8) is 0 Å². The van der Waals surface area contributed by atoms with Crippen molar-refractivity contribution in [1.29, 1.82) is 0 Å². The van der Waals surface area contributed by atoms with Crippen molar-refractivity contribution in [1.82, 2.24) is 9.21 Å². The van der Waals surface area contributed by atoms with Crippen molar-refractivity contribution in [3.8, 4) is 5.75 Å². The van der Waals surface area contributed by atoms with E-state index in [2.05, 4.69) is 15.9 Å². The summed E-state index contributed by atoms with van der Waals surface area (Å²) in [6.07, 6.45) is -0.656. The van der Waals surface area contributed by atoms with E-state index < -0.39 is 16.1 Å². The van der Waals surface area contributed by atoms with E-state index in [1.807, 2.05) is 25.1 Å². The van der Waals surface area contributed by atoms with Crippen LogP contribution in [0.15, 0.2) is 57.9 Å². The molecule has 2 aromatic carbocycles. The van der Waals surface area contributed by atoms with E-state index in [1.165, 1.54) is 4.31 Å². The summed E-state index contributed by atoms with van der Waals surface area (Å²) in [5.41, 5.74) is 1.09. The summed E-state index contributed by atoms with van der Waals surface area (Å²) in [6, 6.07) is 14.0. The minimum absolute atomic E-state index is 0.149. The SMILES string of the molecule is Cc1ccc(O[C@@H](C)C(=O)N2CCN(S(=O)(=O)c3ccccc3)CC2)c(Br)c1. The summed E-state index contributed by atoms with van der Waals surface area (Å²) in [6.45, 7) is 4.91. The molecule has 1 aliphatic rings. The number of aryl methyl sites for hydroxylation is 1. The van der Waals surface area contributed by atoms with Gasteiger partial charge in [0.05, 0.1) is 9.37 Å². The molecule has 0 radical (unpaired) electrons. The van der Waals surface area contributed by atoms with Crippen molar-refractivity contribution >= 4 is 31.9 Å². The lowest BCUT2D eigenvalue weighted by molar-refractivity contribution is -0.139. The second-order valence-electron chi connectivity index (χ2n) is 6.74. The van der Waals surface area contributed by atoms with Gasteiger partial charge in [-0.05, 0) is 59.6 Å². The first-order chi connectivity index (χ1) is 13.3. The Morgan fingerprint density at radius 1 is 1.07 bits per heavy atom. The average molecular weight is 467 g/mol. The molecule has 0 saturated carbocycles. The summed E-state index contributed by atoms with van der Waals surface area (Å²) in [4.78, 5) is 14.7. The number of hydrogen-bond acceptors (Lipinski definition) is 4. The molecule has 0 N–H and O–H groups in total. The predicted molar refractivity (Wildman–Crippen MR) is 111 cm³/mol. The maximum Gasteiger partial charge on any atom is 0.263 e. The highest BCUT2D eigenvalue weighted by Gasteiger charge is 2.32. The van der Waals surface area contributed by atoms with E-state index in [-0.39, 0.29) is 23.9 Å². The summed E-state index contributed by atoms with van der Waals surface area (Å²) in [5, 5.41) is 0. The fraction of sp³-hybridized carbons (Fsp3) is 0.350. The van der Waals surface area contributed by atoms with E-state index in [1.54, 1.807) is 42.2 Å². The second-order valence-corrected chi connectivity index (χ2v) is 9.53. The summed E-state index contributed by atoms with van der Waals surface area (Å²) >= 11 is 3.45. The molecule has 6 nitrogen and oxygen atoms in total. The highest BCUT2D eigenvalue weighted by atomic mass is 79.9. The van der Waals surface area contributed by atoms with Crippen molar-refractivity contribution in [2.75, 3.05) is 26.2 Å². The quantitative estimate of drug-likeness (QED) is 0.678. The standard InChI is InChI=1S/C20H23BrN2O4S/c1-15-8-9-19(18(21)14-15)27-16(2)20(24)22-10-12-23(13-11-22)28(25,26)17-6-4-3-5-7-17/h3-9,14,16H,10-13H2,1-2H3/t16-/m0/s1. The molecular weight excluding hydrogens is 444 g/mol. The lowest BCUT2D eigenvalue weighted by atomic mass is 10.2. The van der Waals surface area contributed by atoms with Crippen molar-refractivity contribution in [2.45, 2.75) is 24.8 Å². The maximum absolute atomic E-state index is 12.7. The van der Waals surface area contributed by atoms with Gasteiger partial charge in [-0.3, -0.25) is 4.79 Å². The normalized spacial score (nSPS) is 16.6. The third-order valence-electron chi connectivity index (χ3n) is 4.67. The lowest BCUT2D eigenvalue weighted by Gasteiger charge is -2.35. The lowest BCUT2D eigenvalue weighted by Crippen LogP contribution is -2.53. The van der Waals surface area contributed by atoms with Crippen LogP contribution in [0.3, 0.4) is 0 Å². The topological polar surface area (TPSA) is 66.9 Å². The molecule has 0 unspecified atom stereocenters. The van der Waals surface area contributed by atoms with Crippen LogP contribution in [0.4, 0.5) is 0 Å². The molecule has 1 aliphatic heterocycles. The first kappa shape index (κ1) is 20.8. The van der Waals surface area contributed by atoms with Crippen molar-refractivity contribution < 1.29 is 17.9 Å². The number of carbonyl (C=O) groups is 1. The Morgan fingerprint density at radius 3 is 2.32 bits per heavy atom. The Morgan fingerprint density at radius 2 is 1.71 bits per heavy atom. The molecule has 1 saturated heterocycles. The zero-order valence-corrected chi connectivity index (χ0v) is 18.2. The predicted octanol–water partition coefficient (Wildman–Crippen LogP) is 3.06. The van der Waals surface area contributed by atoms with E-state index in [9.17, 15) is 13.2 Å². The molecule has 28 heavy (non-hydrogen) atoms. The van der Waals surface area contributed by atoms with E-state index in [0.717, 1.165) is 10.0 Å². The number of hydrogen-bond donors (Lipinski definition) is 0. The molecule has 2 aromatic rings. The number of amides is 1. The molecular formula is C20H23BrN2O4S. The van der Waals surface area contributed by atoms with Crippen molar-refractivity contribution in [2.24, 2.45) is 0 Å². The number of nitrogens with zero attached hydrogens (tertiary/aromatic N) is 2. The molecule has 0 spiro atoms. The van der Waals surface area contributed by atoms with Crippen LogP contribution in [0.5, 0.6) is 5.75 Å². The highest BCUT2D eigenvalue weighted by Crippen LogP contribution is 2.27. The van der Waals surface area contributed by atoms with Crippen LogP contribution in [0.2, 0.25) is 0 Å². The number of ether oxygens (including phenoxy) is 1. The summed E-state index contributed by atoms with van der Waals surface area (Å²) in [5.74, 6) is 0.459. The average Bonchev–Trinajstić information content (AvgIpc) is 2.70. The fourth-order valence-corrected chi connectivity index (χ4v) is 5.12. The number of sulfonamides is 1. The van der Waals surface area contributed by atoms with Gasteiger partial charge in [-0.2, -0.15) is 4.31 Å². The molecule has 0 bridgehead atoms. The number of carbonyl (C=O) groups excluding carboxylic acids is 1. The fourth-order valence-electron chi connectivity index (χ4n) is 3.09. The van der Waals surface area contributed by atoms with Gasteiger partial charge in [-0.15, -0.1) is 0 Å². The number of piperazine rings is 1. The first-order valence-electron chi connectivity index (χ1n) is 9.06. The first-order valence-corrected chi connectivity index (χ1v) is 11.3. The van der Waals surface area contributed by atoms with Crippen LogP contribution in [0.1, 0.15) is 12.5 Å². The molecule has 1 amide bonds. The second kappa shape index (κ2) is 8.63. The zero-order valence-electron chi connectivity index (χ0n) is 15.8. The zero-order chi connectivity index (χ0) is 20.3. The van der Waals surface area contributed by atoms with Crippen molar-refractivity contribution in [3.05, 3.63) is 58.6 Å². The Kier molecular flexibility index (Phi) is 6.42. The van der Waals surface area contributed by atoms with E-state index in [4.69, 9.17) is 4.74 Å². The largest absolute Gasteiger partial charge is 0.480 e. The Labute approximate surface area is 174 Å². The van der Waals surface area contributed by atoms with Gasteiger partial charge in [0.15, 0.2) is 6.10 Å². The molecule has 3 rings (SSSR count). The van der Waals surface area contributed by atoms with Gasteiger partial charge in [0.1, 0.15) is 5.75 Å². The van der Waals surface area contributed by atoms with E-state index >= 15 is 0 Å². The van der Waals surface area contributed by atoms with Gasteiger partial charge in [0.25, 0.3) is 5.91 Å². The van der Waals surface area contributed by atoms with Gasteiger partial charge in [-0.1, -0.05) is 24.3 Å². The molecule has 0 aromatic heterocycles. The smallest absolute Gasteiger partial charge is 0.263 e. The third kappa shape index (κ3) is 4.56. The van der Waals surface area contributed by atoms with E-state index in [0.29, 0.717) is 18.8 Å².